The van der Waals surface area contributed by atoms with Gasteiger partial charge in [-0.2, -0.15) is 0 Å². The molecule has 0 amide bonds. The third-order valence-electron chi connectivity index (χ3n) is 4.96. The molecule has 1 fully saturated rings. The van der Waals surface area contributed by atoms with Crippen LogP contribution in [0.4, 0.5) is 0 Å². The maximum atomic E-state index is 6.33. The minimum atomic E-state index is -0.444. The van der Waals surface area contributed by atoms with E-state index in [2.05, 4.69) is 51.1 Å². The summed E-state index contributed by atoms with van der Waals surface area (Å²) < 4.78 is 18.8. The van der Waals surface area contributed by atoms with Gasteiger partial charge in [-0.15, -0.1) is 0 Å². The number of fused-ring (bicyclic) bond motifs is 1. The Morgan fingerprint density at radius 3 is 2.52 bits per heavy atom. The van der Waals surface area contributed by atoms with Gasteiger partial charge in [0.15, 0.2) is 0 Å². The third-order valence-corrected chi connectivity index (χ3v) is 4.96. The summed E-state index contributed by atoms with van der Waals surface area (Å²) >= 11 is 0. The number of ether oxygens (including phenoxy) is 1. The highest BCUT2D eigenvalue weighted by Crippen LogP contribution is 2.29. The average Bonchev–Trinajstić information content (AvgIpc) is 2.65. The van der Waals surface area contributed by atoms with Gasteiger partial charge >= 0.3 is 7.12 Å². The summed E-state index contributed by atoms with van der Waals surface area (Å²) in [6.45, 7) is 6.86. The fourth-order valence-electron chi connectivity index (χ4n) is 3.82. The van der Waals surface area contributed by atoms with E-state index in [-0.39, 0.29) is 11.7 Å². The van der Waals surface area contributed by atoms with Crippen molar-refractivity contribution in [1.29, 1.82) is 0 Å². The molecule has 1 saturated heterocycles. The molecule has 4 rings (SSSR count). The Balaban J connectivity index is 1.74. The highest BCUT2D eigenvalue weighted by molar-refractivity contribution is 6.65. The van der Waals surface area contributed by atoms with Crippen LogP contribution in [0.5, 0.6) is 5.75 Å². The van der Waals surface area contributed by atoms with Crippen molar-refractivity contribution in [2.45, 2.75) is 45.5 Å². The molecule has 0 N–H and O–H groups in total. The molecule has 0 aliphatic carbocycles. The van der Waals surface area contributed by atoms with E-state index in [0.717, 1.165) is 34.0 Å². The van der Waals surface area contributed by atoms with Gasteiger partial charge in [-0.05, 0) is 49.6 Å². The van der Waals surface area contributed by atoms with Crippen molar-refractivity contribution in [2.75, 3.05) is 0 Å². The number of hydrogen-bond acceptors (Lipinski definition) is 3. The van der Waals surface area contributed by atoms with E-state index in [9.17, 15) is 0 Å². The Kier molecular flexibility index (Phi) is 4.94. The maximum absolute atomic E-state index is 6.33. The van der Waals surface area contributed by atoms with E-state index in [1.807, 2.05) is 36.4 Å². The molecule has 3 nitrogen and oxygen atoms in total. The molecule has 3 aromatic rings. The third kappa shape index (κ3) is 4.02. The Morgan fingerprint density at radius 2 is 1.74 bits per heavy atom. The second kappa shape index (κ2) is 7.38. The zero-order chi connectivity index (χ0) is 18.9. The number of hydrogen-bond donors (Lipinski definition) is 0. The van der Waals surface area contributed by atoms with Gasteiger partial charge in [0.25, 0.3) is 0 Å². The summed E-state index contributed by atoms with van der Waals surface area (Å²) in [6, 6.07) is 22.6. The first-order valence-corrected chi connectivity index (χ1v) is 9.53. The highest BCUT2D eigenvalue weighted by atomic mass is 16.6. The first-order chi connectivity index (χ1) is 13.0. The molecule has 4 heteroatoms. The molecular weight excluding hydrogens is 335 g/mol. The summed E-state index contributed by atoms with van der Waals surface area (Å²) in [7, 11) is -0.444. The lowest BCUT2D eigenvalue weighted by atomic mass is 9.72. The Labute approximate surface area is 161 Å². The van der Waals surface area contributed by atoms with Crippen LogP contribution in [0.15, 0.2) is 66.7 Å². The van der Waals surface area contributed by atoms with E-state index < -0.39 is 7.12 Å². The molecule has 27 heavy (non-hydrogen) atoms. The van der Waals surface area contributed by atoms with Crippen LogP contribution in [0.3, 0.4) is 0 Å². The van der Waals surface area contributed by atoms with Crippen molar-refractivity contribution < 1.29 is 14.0 Å². The van der Waals surface area contributed by atoms with Crippen molar-refractivity contribution in [3.63, 3.8) is 0 Å². The lowest BCUT2D eigenvalue weighted by Gasteiger charge is -2.38. The van der Waals surface area contributed by atoms with Gasteiger partial charge in [0, 0.05) is 11.6 Å². The maximum Gasteiger partial charge on any atom is 0.498 e. The van der Waals surface area contributed by atoms with Gasteiger partial charge < -0.3 is 14.0 Å². The molecule has 0 bridgehead atoms. The van der Waals surface area contributed by atoms with E-state index >= 15 is 0 Å². The zero-order valence-electron chi connectivity index (χ0n) is 16.1. The second-order valence-corrected chi connectivity index (χ2v) is 7.83. The summed E-state index contributed by atoms with van der Waals surface area (Å²) in [5, 5.41) is 2.26. The van der Waals surface area contributed by atoms with Crippen LogP contribution in [0.25, 0.3) is 10.8 Å². The van der Waals surface area contributed by atoms with Crippen LogP contribution in [-0.4, -0.2) is 18.8 Å². The largest absolute Gasteiger partial charge is 0.498 e. The van der Waals surface area contributed by atoms with Crippen molar-refractivity contribution in [1.82, 2.24) is 0 Å². The van der Waals surface area contributed by atoms with Crippen LogP contribution < -0.4 is 10.2 Å². The Morgan fingerprint density at radius 1 is 1.00 bits per heavy atom. The van der Waals surface area contributed by atoms with Crippen LogP contribution >= 0.6 is 0 Å². The van der Waals surface area contributed by atoms with Gasteiger partial charge in [-0.1, -0.05) is 60.7 Å². The molecule has 1 aliphatic rings. The van der Waals surface area contributed by atoms with Crippen molar-refractivity contribution in [2.24, 2.45) is 0 Å². The highest BCUT2D eigenvalue weighted by Gasteiger charge is 2.40. The van der Waals surface area contributed by atoms with Gasteiger partial charge in [-0.25, -0.2) is 0 Å². The van der Waals surface area contributed by atoms with Gasteiger partial charge in [0.05, 0.1) is 5.60 Å². The topological polar surface area (TPSA) is 27.7 Å². The van der Waals surface area contributed by atoms with Crippen LogP contribution in [0.2, 0.25) is 0 Å². The molecule has 138 valence electrons. The molecule has 0 saturated carbocycles. The average molecular weight is 360 g/mol. The quantitative estimate of drug-likeness (QED) is 0.631. The lowest BCUT2D eigenvalue weighted by molar-refractivity contribution is -0.0230. The van der Waals surface area contributed by atoms with Gasteiger partial charge in [0.1, 0.15) is 12.4 Å². The van der Waals surface area contributed by atoms with Gasteiger partial charge in [0.2, 0.25) is 0 Å². The molecule has 0 spiro atoms. The SMILES string of the molecule is CC1CC(C)(C)OB(c2c(OCc3ccccc3)ccc3ccccc23)O1. The molecule has 1 heterocycles. The van der Waals surface area contributed by atoms with Crippen LogP contribution in [0, 0.1) is 0 Å². The number of benzene rings is 3. The van der Waals surface area contributed by atoms with Gasteiger partial charge in [-0.3, -0.25) is 0 Å². The monoisotopic (exact) mass is 360 g/mol. The summed E-state index contributed by atoms with van der Waals surface area (Å²) in [6.07, 6.45) is 0.994. The second-order valence-electron chi connectivity index (χ2n) is 7.83. The van der Waals surface area contributed by atoms with E-state index in [1.54, 1.807) is 0 Å². The molecule has 0 radical (unpaired) electrons. The first-order valence-electron chi connectivity index (χ1n) is 9.53. The summed E-state index contributed by atoms with van der Waals surface area (Å²) in [4.78, 5) is 0. The van der Waals surface area contributed by atoms with Crippen molar-refractivity contribution >= 4 is 23.4 Å². The Hall–Kier alpha value is -2.30. The predicted octanol–water partition coefficient (Wildman–Crippen LogP) is 4.72. The summed E-state index contributed by atoms with van der Waals surface area (Å²) in [5.74, 6) is 0.812. The van der Waals surface area contributed by atoms with Crippen LogP contribution in [-0.2, 0) is 15.9 Å². The minimum Gasteiger partial charge on any atom is -0.489 e. The minimum absolute atomic E-state index is 0.125. The molecule has 0 aromatic heterocycles. The molecular formula is C23H25BO3. The fourth-order valence-corrected chi connectivity index (χ4v) is 3.82. The number of rotatable bonds is 4. The smallest absolute Gasteiger partial charge is 0.489 e. The standard InChI is InChI=1S/C23H25BO3/c1-17-15-23(2,3)27-24(26-17)22-20-12-8-7-11-19(20)13-14-21(22)25-16-18-9-5-4-6-10-18/h4-14,17H,15-16H2,1-3H3. The van der Waals surface area contributed by atoms with Crippen molar-refractivity contribution in [3.05, 3.63) is 72.3 Å². The molecule has 1 unspecified atom stereocenters. The van der Waals surface area contributed by atoms with Crippen molar-refractivity contribution in [3.8, 4) is 5.75 Å². The molecule has 1 atom stereocenters. The predicted molar refractivity (Wildman–Crippen MR) is 110 cm³/mol. The summed E-state index contributed by atoms with van der Waals surface area (Å²) in [5.41, 5.74) is 1.87. The normalized spacial score (nSPS) is 19.2. The lowest BCUT2D eigenvalue weighted by Crippen LogP contribution is -2.52. The molecule has 3 aromatic carbocycles. The first kappa shape index (κ1) is 18.1. The molecule has 1 aliphatic heterocycles. The van der Waals surface area contributed by atoms with E-state index in [4.69, 9.17) is 14.0 Å². The Bertz CT molecular complexity index is 923. The van der Waals surface area contributed by atoms with Crippen LogP contribution in [0.1, 0.15) is 32.8 Å². The van der Waals surface area contributed by atoms with E-state index in [0.29, 0.717) is 6.61 Å². The van der Waals surface area contributed by atoms with E-state index in [1.165, 1.54) is 0 Å². The fraction of sp³-hybridized carbons (Fsp3) is 0.304. The zero-order valence-corrected chi connectivity index (χ0v) is 16.1.